The first-order valence-corrected chi connectivity index (χ1v) is 9.71. The summed E-state index contributed by atoms with van der Waals surface area (Å²) in [6.07, 6.45) is 0. The lowest BCUT2D eigenvalue weighted by Gasteiger charge is -2.07. The lowest BCUT2D eigenvalue weighted by Crippen LogP contribution is -2.17. The Balaban J connectivity index is 1.79. The summed E-state index contributed by atoms with van der Waals surface area (Å²) in [4.78, 5) is 13.3. The summed E-state index contributed by atoms with van der Waals surface area (Å²) in [5.74, 6) is 0.0846. The number of nitrogens with one attached hydrogen (secondary N) is 1. The molecule has 0 bridgehead atoms. The molecule has 0 radical (unpaired) electrons. The number of aromatic nitrogens is 1. The number of anilines is 1. The number of para-hydroxylation sites is 1. The Bertz CT molecular complexity index is 1430. The molecule has 0 saturated heterocycles. The van der Waals surface area contributed by atoms with Crippen LogP contribution in [0.1, 0.15) is 5.56 Å². The second kappa shape index (κ2) is 7.19. The third-order valence-corrected chi connectivity index (χ3v) is 5.35. The normalized spacial score (nSPS) is 11.3. The van der Waals surface area contributed by atoms with Crippen molar-refractivity contribution in [2.75, 3.05) is 5.32 Å². The fourth-order valence-corrected chi connectivity index (χ4v) is 3.88. The van der Waals surface area contributed by atoms with Crippen molar-refractivity contribution in [1.82, 2.24) is 4.57 Å². The monoisotopic (exact) mass is 398 g/mol. The Labute approximate surface area is 172 Å². The average molecular weight is 398 g/mol. The highest BCUT2D eigenvalue weighted by atomic mass is 19.1. The molecule has 5 rings (SSSR count). The van der Waals surface area contributed by atoms with Gasteiger partial charge in [0.25, 0.3) is 5.56 Å². The Morgan fingerprint density at radius 1 is 0.967 bits per heavy atom. The van der Waals surface area contributed by atoms with Crippen molar-refractivity contribution in [2.24, 2.45) is 7.05 Å². The summed E-state index contributed by atoms with van der Waals surface area (Å²) < 4.78 is 21.9. The van der Waals surface area contributed by atoms with Gasteiger partial charge in [0.2, 0.25) is 5.88 Å². The number of aryl methyl sites for hydroxylation is 1. The van der Waals surface area contributed by atoms with E-state index in [0.717, 1.165) is 16.5 Å². The second-order valence-electron chi connectivity index (χ2n) is 7.24. The highest BCUT2D eigenvalue weighted by molar-refractivity contribution is 6.10. The largest absolute Gasteiger partial charge is 0.439 e. The van der Waals surface area contributed by atoms with Crippen molar-refractivity contribution in [3.63, 3.8) is 0 Å². The molecule has 0 saturated carbocycles. The van der Waals surface area contributed by atoms with E-state index in [0.29, 0.717) is 34.5 Å². The van der Waals surface area contributed by atoms with Crippen LogP contribution in [-0.4, -0.2) is 4.57 Å². The van der Waals surface area contributed by atoms with E-state index in [1.807, 2.05) is 54.6 Å². The van der Waals surface area contributed by atoms with Gasteiger partial charge in [0, 0.05) is 19.0 Å². The van der Waals surface area contributed by atoms with E-state index in [-0.39, 0.29) is 11.4 Å². The SMILES string of the molecule is Cn1c(=O)c2c(-c3cccc(F)c3)c(NCc3ccccc3)oc2c2ccccc21. The Morgan fingerprint density at radius 2 is 1.73 bits per heavy atom. The van der Waals surface area contributed by atoms with Gasteiger partial charge in [-0.15, -0.1) is 0 Å². The number of nitrogens with zero attached hydrogens (tertiary/aromatic N) is 1. The minimum absolute atomic E-state index is 0.181. The highest BCUT2D eigenvalue weighted by Crippen LogP contribution is 2.39. The molecule has 2 heterocycles. The summed E-state index contributed by atoms with van der Waals surface area (Å²) in [5.41, 5.74) is 3.34. The lowest BCUT2D eigenvalue weighted by atomic mass is 10.0. The molecule has 148 valence electrons. The quantitative estimate of drug-likeness (QED) is 0.422. The smallest absolute Gasteiger partial charge is 0.262 e. The van der Waals surface area contributed by atoms with E-state index in [4.69, 9.17) is 4.42 Å². The van der Waals surface area contributed by atoms with Crippen molar-refractivity contribution in [1.29, 1.82) is 0 Å². The van der Waals surface area contributed by atoms with Gasteiger partial charge in [-0.2, -0.15) is 0 Å². The Hall–Kier alpha value is -3.86. The van der Waals surface area contributed by atoms with Crippen LogP contribution < -0.4 is 10.9 Å². The minimum Gasteiger partial charge on any atom is -0.439 e. The van der Waals surface area contributed by atoms with Gasteiger partial charge in [0.15, 0.2) is 5.58 Å². The van der Waals surface area contributed by atoms with E-state index in [2.05, 4.69) is 5.32 Å². The number of pyridine rings is 1. The fraction of sp³-hybridized carbons (Fsp3) is 0.0800. The van der Waals surface area contributed by atoms with Crippen LogP contribution >= 0.6 is 0 Å². The van der Waals surface area contributed by atoms with Crippen molar-refractivity contribution < 1.29 is 8.81 Å². The molecule has 5 aromatic rings. The standard InChI is InChI=1S/C25H19FN2O2/c1-28-20-13-6-5-12-19(20)23-22(25(28)29)21(17-10-7-11-18(26)14-17)24(30-23)27-15-16-8-3-2-4-9-16/h2-14,27H,15H2,1H3. The van der Waals surface area contributed by atoms with Crippen LogP contribution in [0, 0.1) is 5.82 Å². The molecule has 0 atom stereocenters. The maximum atomic E-state index is 14.0. The van der Waals surface area contributed by atoms with Gasteiger partial charge in [0.1, 0.15) is 5.82 Å². The van der Waals surface area contributed by atoms with Crippen LogP contribution in [0.3, 0.4) is 0 Å². The molecule has 1 N–H and O–H groups in total. The van der Waals surface area contributed by atoms with E-state index in [1.54, 1.807) is 23.7 Å². The number of halogens is 1. The number of fused-ring (bicyclic) bond motifs is 3. The summed E-state index contributed by atoms with van der Waals surface area (Å²) in [7, 11) is 1.74. The summed E-state index contributed by atoms with van der Waals surface area (Å²) in [6.45, 7) is 0.515. The Kier molecular flexibility index (Phi) is 4.36. The van der Waals surface area contributed by atoms with Crippen LogP contribution in [0.15, 0.2) is 88.1 Å². The number of rotatable bonds is 4. The predicted octanol–water partition coefficient (Wildman–Crippen LogP) is 5.70. The highest BCUT2D eigenvalue weighted by Gasteiger charge is 2.22. The third kappa shape index (κ3) is 2.95. The molecule has 0 unspecified atom stereocenters. The van der Waals surface area contributed by atoms with Crippen LogP contribution in [0.25, 0.3) is 33.0 Å². The molecule has 30 heavy (non-hydrogen) atoms. The minimum atomic E-state index is -0.367. The summed E-state index contributed by atoms with van der Waals surface area (Å²) in [5, 5.41) is 4.59. The third-order valence-electron chi connectivity index (χ3n) is 5.35. The lowest BCUT2D eigenvalue weighted by molar-refractivity contribution is 0.626. The number of furan rings is 1. The maximum Gasteiger partial charge on any atom is 0.262 e. The average Bonchev–Trinajstić information content (AvgIpc) is 3.17. The van der Waals surface area contributed by atoms with Gasteiger partial charge in [-0.1, -0.05) is 54.6 Å². The zero-order valence-corrected chi connectivity index (χ0v) is 16.4. The number of hydrogen-bond acceptors (Lipinski definition) is 3. The van der Waals surface area contributed by atoms with E-state index < -0.39 is 0 Å². The van der Waals surface area contributed by atoms with E-state index in [9.17, 15) is 9.18 Å². The molecule has 0 aliphatic carbocycles. The van der Waals surface area contributed by atoms with Crippen molar-refractivity contribution >= 4 is 27.8 Å². The predicted molar refractivity (Wildman–Crippen MR) is 118 cm³/mol. The van der Waals surface area contributed by atoms with Gasteiger partial charge in [-0.25, -0.2) is 4.39 Å². The van der Waals surface area contributed by atoms with Crippen molar-refractivity contribution in [3.05, 3.63) is 101 Å². The fourth-order valence-electron chi connectivity index (χ4n) is 3.88. The van der Waals surface area contributed by atoms with Gasteiger partial charge in [0.05, 0.1) is 16.5 Å². The first-order valence-electron chi connectivity index (χ1n) is 9.71. The van der Waals surface area contributed by atoms with Crippen LogP contribution in [-0.2, 0) is 13.6 Å². The van der Waals surface area contributed by atoms with Crippen LogP contribution in [0.2, 0.25) is 0 Å². The van der Waals surface area contributed by atoms with Crippen molar-refractivity contribution in [2.45, 2.75) is 6.54 Å². The molecule has 0 aliphatic heterocycles. The first-order chi connectivity index (χ1) is 14.6. The molecule has 0 aliphatic rings. The molecule has 0 amide bonds. The first kappa shape index (κ1) is 18.2. The zero-order valence-electron chi connectivity index (χ0n) is 16.4. The van der Waals surface area contributed by atoms with Gasteiger partial charge in [-0.3, -0.25) is 4.79 Å². The van der Waals surface area contributed by atoms with Crippen LogP contribution in [0.4, 0.5) is 10.3 Å². The number of benzene rings is 3. The van der Waals surface area contributed by atoms with E-state index >= 15 is 0 Å². The molecule has 4 nitrogen and oxygen atoms in total. The second-order valence-corrected chi connectivity index (χ2v) is 7.24. The van der Waals surface area contributed by atoms with Gasteiger partial charge < -0.3 is 14.3 Å². The zero-order chi connectivity index (χ0) is 20.7. The van der Waals surface area contributed by atoms with Gasteiger partial charge >= 0.3 is 0 Å². The van der Waals surface area contributed by atoms with E-state index in [1.165, 1.54) is 12.1 Å². The molecule has 5 heteroatoms. The Morgan fingerprint density at radius 3 is 2.53 bits per heavy atom. The van der Waals surface area contributed by atoms with Gasteiger partial charge in [-0.05, 0) is 35.4 Å². The molecule has 0 spiro atoms. The van der Waals surface area contributed by atoms with Crippen molar-refractivity contribution in [3.8, 4) is 11.1 Å². The maximum absolute atomic E-state index is 14.0. The van der Waals surface area contributed by atoms with Crippen LogP contribution in [0.5, 0.6) is 0 Å². The summed E-state index contributed by atoms with van der Waals surface area (Å²) >= 11 is 0. The topological polar surface area (TPSA) is 47.2 Å². The molecule has 3 aromatic carbocycles. The molecule has 2 aromatic heterocycles. The molecular formula is C25H19FN2O2. The molecular weight excluding hydrogens is 379 g/mol. The summed E-state index contributed by atoms with van der Waals surface area (Å²) in [6, 6.07) is 23.7. The number of hydrogen-bond donors (Lipinski definition) is 1. The molecule has 0 fully saturated rings.